The molecule has 1 unspecified atom stereocenters. The highest BCUT2D eigenvalue weighted by atomic mass is 16.5. The number of ether oxygens (including phenoxy) is 2. The molecule has 0 amide bonds. The molecule has 1 aliphatic carbocycles. The number of esters is 1. The van der Waals surface area contributed by atoms with Crippen LogP contribution in [0.1, 0.15) is 27.2 Å². The monoisotopic (exact) mass is 198 g/mol. The van der Waals surface area contributed by atoms with Crippen LogP contribution in [0, 0.1) is 11.3 Å². The third-order valence-electron chi connectivity index (χ3n) is 3.06. The van der Waals surface area contributed by atoms with E-state index in [0.717, 1.165) is 6.42 Å². The second-order valence-electron chi connectivity index (χ2n) is 4.30. The highest BCUT2D eigenvalue weighted by Gasteiger charge is 2.44. The summed E-state index contributed by atoms with van der Waals surface area (Å²) in [7, 11) is 1.66. The van der Waals surface area contributed by atoms with Crippen LogP contribution in [0.5, 0.6) is 0 Å². The molecule has 3 heteroatoms. The van der Waals surface area contributed by atoms with Crippen LogP contribution in [-0.4, -0.2) is 19.7 Å². The van der Waals surface area contributed by atoms with Crippen molar-refractivity contribution in [1.29, 1.82) is 0 Å². The van der Waals surface area contributed by atoms with E-state index in [4.69, 9.17) is 9.47 Å². The van der Waals surface area contributed by atoms with Crippen molar-refractivity contribution >= 4 is 5.97 Å². The van der Waals surface area contributed by atoms with Gasteiger partial charge in [-0.2, -0.15) is 0 Å². The maximum Gasteiger partial charge on any atom is 0.302 e. The number of rotatable bonds is 3. The molecule has 0 bridgehead atoms. The molecule has 0 spiro atoms. The lowest BCUT2D eigenvalue weighted by Crippen LogP contribution is -2.41. The van der Waals surface area contributed by atoms with E-state index in [2.05, 4.69) is 13.8 Å². The summed E-state index contributed by atoms with van der Waals surface area (Å²) < 4.78 is 9.99. The molecule has 1 rings (SSSR count). The summed E-state index contributed by atoms with van der Waals surface area (Å²) in [4.78, 5) is 10.6. The van der Waals surface area contributed by atoms with E-state index in [1.165, 1.54) is 12.5 Å². The molecule has 0 aromatic heterocycles. The summed E-state index contributed by atoms with van der Waals surface area (Å²) >= 11 is 0. The summed E-state index contributed by atoms with van der Waals surface area (Å²) in [5, 5.41) is 0. The molecule has 3 nitrogen and oxygen atoms in total. The van der Waals surface area contributed by atoms with Crippen LogP contribution in [0.3, 0.4) is 0 Å². The highest BCUT2D eigenvalue weighted by Crippen LogP contribution is 2.50. The Morgan fingerprint density at radius 3 is 2.71 bits per heavy atom. The van der Waals surface area contributed by atoms with Gasteiger partial charge in [0.05, 0.1) is 20.0 Å². The predicted molar refractivity (Wildman–Crippen MR) is 53.6 cm³/mol. The summed E-state index contributed by atoms with van der Waals surface area (Å²) in [6.45, 7) is 6.26. The normalized spacial score (nSPS) is 26.9. The Kier molecular flexibility index (Phi) is 3.19. The zero-order valence-electron chi connectivity index (χ0n) is 9.29. The van der Waals surface area contributed by atoms with Gasteiger partial charge in [0.2, 0.25) is 0 Å². The Morgan fingerprint density at radius 1 is 1.64 bits per heavy atom. The Bertz CT molecular complexity index is 253. The van der Waals surface area contributed by atoms with Gasteiger partial charge in [-0.05, 0) is 17.4 Å². The zero-order chi connectivity index (χ0) is 10.8. The molecule has 0 aromatic carbocycles. The average Bonchev–Trinajstić information content (AvgIpc) is 2.09. The van der Waals surface area contributed by atoms with Gasteiger partial charge in [0.25, 0.3) is 0 Å². The summed E-state index contributed by atoms with van der Waals surface area (Å²) in [6, 6.07) is 0. The first-order valence-corrected chi connectivity index (χ1v) is 4.84. The van der Waals surface area contributed by atoms with Gasteiger partial charge in [-0.3, -0.25) is 4.79 Å². The summed E-state index contributed by atoms with van der Waals surface area (Å²) in [6.07, 6.45) is 2.76. The second-order valence-corrected chi connectivity index (χ2v) is 4.30. The minimum absolute atomic E-state index is 0.103. The molecule has 0 aromatic rings. The van der Waals surface area contributed by atoms with Gasteiger partial charge in [-0.1, -0.05) is 13.8 Å². The van der Waals surface area contributed by atoms with Gasteiger partial charge < -0.3 is 9.47 Å². The van der Waals surface area contributed by atoms with Gasteiger partial charge in [-0.15, -0.1) is 0 Å². The first-order chi connectivity index (χ1) is 6.48. The molecular formula is C11H18O3. The SMILES string of the molecule is COC=C1CC(COC(C)=O)C1(C)C. The van der Waals surface area contributed by atoms with Gasteiger partial charge >= 0.3 is 5.97 Å². The third kappa shape index (κ3) is 2.08. The van der Waals surface area contributed by atoms with Crippen molar-refractivity contribution in [1.82, 2.24) is 0 Å². The quantitative estimate of drug-likeness (QED) is 0.514. The van der Waals surface area contributed by atoms with Crippen LogP contribution in [0.2, 0.25) is 0 Å². The lowest BCUT2D eigenvalue weighted by molar-refractivity contribution is -0.144. The summed E-state index contributed by atoms with van der Waals surface area (Å²) in [5.41, 5.74) is 1.39. The van der Waals surface area contributed by atoms with Gasteiger partial charge in [0.15, 0.2) is 0 Å². The average molecular weight is 198 g/mol. The molecular weight excluding hydrogens is 180 g/mol. The Balaban J connectivity index is 2.46. The fourth-order valence-electron chi connectivity index (χ4n) is 1.74. The topological polar surface area (TPSA) is 35.5 Å². The van der Waals surface area contributed by atoms with Crippen LogP contribution in [-0.2, 0) is 14.3 Å². The van der Waals surface area contributed by atoms with E-state index in [1.807, 2.05) is 0 Å². The van der Waals surface area contributed by atoms with E-state index in [9.17, 15) is 4.79 Å². The number of hydrogen-bond acceptors (Lipinski definition) is 3. The van der Waals surface area contributed by atoms with E-state index in [0.29, 0.717) is 12.5 Å². The zero-order valence-corrected chi connectivity index (χ0v) is 9.29. The molecule has 1 atom stereocenters. The fraction of sp³-hybridized carbons (Fsp3) is 0.727. The first-order valence-electron chi connectivity index (χ1n) is 4.84. The van der Waals surface area contributed by atoms with Crippen molar-refractivity contribution in [3.05, 3.63) is 11.8 Å². The standard InChI is InChI=1S/C11H18O3/c1-8(12)14-7-10-5-9(6-13-4)11(10,2)3/h6,10H,5,7H2,1-4H3. The van der Waals surface area contributed by atoms with Crippen LogP contribution < -0.4 is 0 Å². The third-order valence-corrected chi connectivity index (χ3v) is 3.06. The van der Waals surface area contributed by atoms with E-state index < -0.39 is 0 Å². The number of allylic oxidation sites excluding steroid dienone is 1. The molecule has 0 heterocycles. The lowest BCUT2D eigenvalue weighted by atomic mass is 9.59. The molecule has 1 fully saturated rings. The maximum absolute atomic E-state index is 10.6. The van der Waals surface area contributed by atoms with Gasteiger partial charge in [-0.25, -0.2) is 0 Å². The molecule has 14 heavy (non-hydrogen) atoms. The second kappa shape index (κ2) is 4.03. The van der Waals surface area contributed by atoms with Crippen molar-refractivity contribution in [2.24, 2.45) is 11.3 Å². The van der Waals surface area contributed by atoms with Crippen molar-refractivity contribution in [2.45, 2.75) is 27.2 Å². The largest absolute Gasteiger partial charge is 0.504 e. The number of methoxy groups -OCH3 is 1. The molecule has 1 aliphatic rings. The smallest absolute Gasteiger partial charge is 0.302 e. The molecule has 0 N–H and O–H groups in total. The Hall–Kier alpha value is -0.990. The first kappa shape index (κ1) is 11.1. The van der Waals surface area contributed by atoms with Crippen LogP contribution in [0.15, 0.2) is 11.8 Å². The van der Waals surface area contributed by atoms with Crippen LogP contribution in [0.25, 0.3) is 0 Å². The van der Waals surface area contributed by atoms with E-state index >= 15 is 0 Å². The van der Waals surface area contributed by atoms with Gasteiger partial charge in [0.1, 0.15) is 0 Å². The minimum atomic E-state index is -0.204. The summed E-state index contributed by atoms with van der Waals surface area (Å²) in [5.74, 6) is 0.220. The highest BCUT2D eigenvalue weighted by molar-refractivity contribution is 5.65. The Labute approximate surface area is 85.1 Å². The van der Waals surface area contributed by atoms with Crippen molar-refractivity contribution in [2.75, 3.05) is 13.7 Å². The molecule has 0 aliphatic heterocycles. The van der Waals surface area contributed by atoms with Crippen LogP contribution in [0.4, 0.5) is 0 Å². The number of carbonyl (C=O) groups excluding carboxylic acids is 1. The minimum Gasteiger partial charge on any atom is -0.504 e. The van der Waals surface area contributed by atoms with Crippen molar-refractivity contribution in [3.8, 4) is 0 Å². The number of carbonyl (C=O) groups is 1. The molecule has 1 saturated carbocycles. The number of hydrogen-bond donors (Lipinski definition) is 0. The molecule has 0 radical (unpaired) electrons. The van der Waals surface area contributed by atoms with Gasteiger partial charge in [0, 0.05) is 12.8 Å². The Morgan fingerprint density at radius 2 is 2.29 bits per heavy atom. The molecule has 80 valence electrons. The fourth-order valence-corrected chi connectivity index (χ4v) is 1.74. The van der Waals surface area contributed by atoms with E-state index in [1.54, 1.807) is 13.4 Å². The van der Waals surface area contributed by atoms with Crippen molar-refractivity contribution < 1.29 is 14.3 Å². The van der Waals surface area contributed by atoms with E-state index in [-0.39, 0.29) is 11.4 Å². The molecule has 0 saturated heterocycles. The van der Waals surface area contributed by atoms with Crippen LogP contribution >= 0.6 is 0 Å². The predicted octanol–water partition coefficient (Wildman–Crippen LogP) is 2.13. The van der Waals surface area contributed by atoms with Crippen molar-refractivity contribution in [3.63, 3.8) is 0 Å². The lowest BCUT2D eigenvalue weighted by Gasteiger charge is -2.46. The maximum atomic E-state index is 10.6.